The van der Waals surface area contributed by atoms with E-state index in [2.05, 4.69) is 11.4 Å². The van der Waals surface area contributed by atoms with Crippen LogP contribution in [0.3, 0.4) is 0 Å². The Balaban J connectivity index is 1.85. The molecule has 1 aromatic rings. The molecule has 2 rings (SSSR count). The molecule has 0 unspecified atom stereocenters. The lowest BCUT2D eigenvalue weighted by Gasteiger charge is -2.31. The first-order chi connectivity index (χ1) is 9.63. The highest BCUT2D eigenvalue weighted by atomic mass is 19.1. The highest BCUT2D eigenvalue weighted by Crippen LogP contribution is 2.27. The fourth-order valence-electron chi connectivity index (χ4n) is 2.40. The molecule has 1 amide bonds. The molecule has 1 aliphatic rings. The van der Waals surface area contributed by atoms with Gasteiger partial charge in [-0.05, 0) is 37.1 Å². The first-order valence-corrected chi connectivity index (χ1v) is 6.74. The number of hydrogen-bond acceptors (Lipinski definition) is 3. The molecule has 1 N–H and O–H groups in total. The summed E-state index contributed by atoms with van der Waals surface area (Å²) in [5, 5.41) is 12.0. The zero-order chi connectivity index (χ0) is 14.4. The second-order valence-corrected chi connectivity index (χ2v) is 5.05. The number of nitrogens with one attached hydrogen (secondary N) is 1. The predicted molar refractivity (Wildman–Crippen MR) is 71.5 cm³/mol. The van der Waals surface area contributed by atoms with Crippen LogP contribution in [0.5, 0.6) is 5.75 Å². The average molecular weight is 276 g/mol. The monoisotopic (exact) mass is 276 g/mol. The summed E-state index contributed by atoms with van der Waals surface area (Å²) in [6.07, 6.45) is 4.38. The van der Waals surface area contributed by atoms with E-state index in [1.807, 2.05) is 0 Å². The predicted octanol–water partition coefficient (Wildman–Crippen LogP) is 2.55. The van der Waals surface area contributed by atoms with Gasteiger partial charge in [0.2, 0.25) is 0 Å². The molecule has 1 saturated carbocycles. The van der Waals surface area contributed by atoms with Crippen molar-refractivity contribution in [1.29, 1.82) is 5.26 Å². The summed E-state index contributed by atoms with van der Waals surface area (Å²) >= 11 is 0. The van der Waals surface area contributed by atoms with Crippen molar-refractivity contribution in [1.82, 2.24) is 5.32 Å². The zero-order valence-corrected chi connectivity index (χ0v) is 11.2. The van der Waals surface area contributed by atoms with Gasteiger partial charge in [-0.2, -0.15) is 5.26 Å². The van der Waals surface area contributed by atoms with Gasteiger partial charge in [0.25, 0.3) is 5.91 Å². The summed E-state index contributed by atoms with van der Waals surface area (Å²) in [5.74, 6) is -0.249. The molecule has 0 aliphatic heterocycles. The topological polar surface area (TPSA) is 62.1 Å². The fraction of sp³-hybridized carbons (Fsp3) is 0.467. The standard InChI is InChI=1S/C15H17FN2O2/c16-12-4-6-13(7-5-12)20-10-14(19)18-15(11-17)8-2-1-3-9-15/h4-7H,1-3,8-10H2,(H,18,19). The van der Waals surface area contributed by atoms with Gasteiger partial charge in [0.15, 0.2) is 6.61 Å². The van der Waals surface area contributed by atoms with Crippen molar-refractivity contribution in [2.45, 2.75) is 37.6 Å². The molecule has 1 aromatic carbocycles. The van der Waals surface area contributed by atoms with Gasteiger partial charge in [-0.3, -0.25) is 4.79 Å². The number of nitrogens with zero attached hydrogens (tertiary/aromatic N) is 1. The van der Waals surface area contributed by atoms with E-state index < -0.39 is 5.54 Å². The number of amides is 1. The van der Waals surface area contributed by atoms with Crippen molar-refractivity contribution < 1.29 is 13.9 Å². The van der Waals surface area contributed by atoms with Crippen molar-refractivity contribution >= 4 is 5.91 Å². The minimum absolute atomic E-state index is 0.172. The van der Waals surface area contributed by atoms with Crippen molar-refractivity contribution in [3.8, 4) is 11.8 Å². The van der Waals surface area contributed by atoms with Crippen LogP contribution in [0.2, 0.25) is 0 Å². The Morgan fingerprint density at radius 2 is 1.95 bits per heavy atom. The maximum atomic E-state index is 12.7. The number of rotatable bonds is 4. The zero-order valence-electron chi connectivity index (χ0n) is 11.2. The summed E-state index contributed by atoms with van der Waals surface area (Å²) in [7, 11) is 0. The lowest BCUT2D eigenvalue weighted by atomic mass is 9.83. The molecule has 0 atom stereocenters. The van der Waals surface area contributed by atoms with E-state index in [4.69, 9.17) is 4.74 Å². The lowest BCUT2D eigenvalue weighted by molar-refractivity contribution is -0.124. The quantitative estimate of drug-likeness (QED) is 0.919. The van der Waals surface area contributed by atoms with Gasteiger partial charge in [0.05, 0.1) is 6.07 Å². The molecule has 0 bridgehead atoms. The molecule has 4 nitrogen and oxygen atoms in total. The average Bonchev–Trinajstić information content (AvgIpc) is 2.47. The molecule has 0 radical (unpaired) electrons. The van der Waals surface area contributed by atoms with Gasteiger partial charge in [-0.25, -0.2) is 4.39 Å². The number of nitriles is 1. The Morgan fingerprint density at radius 1 is 1.30 bits per heavy atom. The third kappa shape index (κ3) is 3.70. The van der Waals surface area contributed by atoms with Crippen molar-refractivity contribution in [3.63, 3.8) is 0 Å². The number of carbonyl (C=O) groups is 1. The van der Waals surface area contributed by atoms with Crippen LogP contribution in [-0.2, 0) is 4.79 Å². The Hall–Kier alpha value is -2.09. The maximum absolute atomic E-state index is 12.7. The van der Waals surface area contributed by atoms with Gasteiger partial charge >= 0.3 is 0 Å². The number of benzene rings is 1. The highest BCUT2D eigenvalue weighted by molar-refractivity contribution is 5.78. The minimum Gasteiger partial charge on any atom is -0.484 e. The summed E-state index contributed by atoms with van der Waals surface area (Å²) in [4.78, 5) is 11.9. The van der Waals surface area contributed by atoms with E-state index in [1.54, 1.807) is 0 Å². The van der Waals surface area contributed by atoms with E-state index in [0.717, 1.165) is 19.3 Å². The first-order valence-electron chi connectivity index (χ1n) is 6.74. The Labute approximate surface area is 117 Å². The van der Waals surface area contributed by atoms with Crippen LogP contribution in [-0.4, -0.2) is 18.1 Å². The smallest absolute Gasteiger partial charge is 0.259 e. The highest BCUT2D eigenvalue weighted by Gasteiger charge is 2.33. The van der Waals surface area contributed by atoms with Gasteiger partial charge < -0.3 is 10.1 Å². The van der Waals surface area contributed by atoms with Crippen molar-refractivity contribution in [3.05, 3.63) is 30.1 Å². The maximum Gasteiger partial charge on any atom is 0.259 e. The molecule has 20 heavy (non-hydrogen) atoms. The number of hydrogen-bond donors (Lipinski definition) is 1. The Bertz CT molecular complexity index is 502. The largest absolute Gasteiger partial charge is 0.484 e. The van der Waals surface area contributed by atoms with Gasteiger partial charge in [-0.15, -0.1) is 0 Å². The van der Waals surface area contributed by atoms with Crippen molar-refractivity contribution in [2.24, 2.45) is 0 Å². The van der Waals surface area contributed by atoms with Gasteiger partial charge in [-0.1, -0.05) is 19.3 Å². The molecule has 106 valence electrons. The molecule has 1 fully saturated rings. The molecule has 0 spiro atoms. The van der Waals surface area contributed by atoms with Crippen LogP contribution >= 0.6 is 0 Å². The van der Waals surface area contributed by atoms with Crippen LogP contribution in [0, 0.1) is 17.1 Å². The molecule has 1 aliphatic carbocycles. The van der Waals surface area contributed by atoms with Crippen LogP contribution in [0.25, 0.3) is 0 Å². The molecule has 5 heteroatoms. The molecule has 0 saturated heterocycles. The minimum atomic E-state index is -0.749. The van der Waals surface area contributed by atoms with Crippen LogP contribution < -0.4 is 10.1 Å². The normalized spacial score (nSPS) is 17.0. The van der Waals surface area contributed by atoms with E-state index in [-0.39, 0.29) is 18.3 Å². The number of carbonyl (C=O) groups excluding carboxylic acids is 1. The van der Waals surface area contributed by atoms with E-state index in [1.165, 1.54) is 24.3 Å². The Kier molecular flexibility index (Phi) is 4.57. The van der Waals surface area contributed by atoms with E-state index in [0.29, 0.717) is 18.6 Å². The first kappa shape index (κ1) is 14.3. The summed E-state index contributed by atoms with van der Waals surface area (Å²) in [6.45, 7) is -0.172. The van der Waals surface area contributed by atoms with Crippen LogP contribution in [0.1, 0.15) is 32.1 Å². The SMILES string of the molecule is N#CC1(NC(=O)COc2ccc(F)cc2)CCCCC1. The molecule has 0 aromatic heterocycles. The summed E-state index contributed by atoms with van der Waals surface area (Å²) in [6, 6.07) is 7.68. The summed E-state index contributed by atoms with van der Waals surface area (Å²) in [5.41, 5.74) is -0.749. The second-order valence-electron chi connectivity index (χ2n) is 5.05. The van der Waals surface area contributed by atoms with E-state index in [9.17, 15) is 14.4 Å². The summed E-state index contributed by atoms with van der Waals surface area (Å²) < 4.78 is 18.0. The number of ether oxygens (including phenoxy) is 1. The number of halogens is 1. The third-order valence-electron chi connectivity index (χ3n) is 3.48. The van der Waals surface area contributed by atoms with Gasteiger partial charge in [0, 0.05) is 0 Å². The second kappa shape index (κ2) is 6.38. The Morgan fingerprint density at radius 3 is 2.55 bits per heavy atom. The lowest BCUT2D eigenvalue weighted by Crippen LogP contribution is -2.50. The van der Waals surface area contributed by atoms with Gasteiger partial charge in [0.1, 0.15) is 17.1 Å². The molecular weight excluding hydrogens is 259 g/mol. The van der Waals surface area contributed by atoms with Crippen molar-refractivity contribution in [2.75, 3.05) is 6.61 Å². The van der Waals surface area contributed by atoms with Crippen LogP contribution in [0.15, 0.2) is 24.3 Å². The van der Waals surface area contributed by atoms with Crippen LogP contribution in [0.4, 0.5) is 4.39 Å². The molecule has 0 heterocycles. The third-order valence-corrected chi connectivity index (χ3v) is 3.48. The molecular formula is C15H17FN2O2. The van der Waals surface area contributed by atoms with E-state index >= 15 is 0 Å². The fourth-order valence-corrected chi connectivity index (χ4v) is 2.40.